The first-order valence-electron chi connectivity index (χ1n) is 5.94. The average molecular weight is 387 g/mol. The fraction of sp³-hybridized carbons (Fsp3) is 0.0833. The molecular formula is C12H8BrFN4O5. The number of nitrogens with one attached hydrogen (secondary N) is 1. The summed E-state index contributed by atoms with van der Waals surface area (Å²) < 4.78 is 14.7. The zero-order valence-electron chi connectivity index (χ0n) is 11.2. The number of hydrogen-bond acceptors (Lipinski definition) is 5. The summed E-state index contributed by atoms with van der Waals surface area (Å²) in [5.74, 6) is -4.69. The van der Waals surface area contributed by atoms with Gasteiger partial charge in [0.15, 0.2) is 5.69 Å². The molecule has 0 spiro atoms. The molecule has 0 saturated carbocycles. The Hall–Kier alpha value is -2.82. The molecule has 0 fully saturated rings. The van der Waals surface area contributed by atoms with Crippen LogP contribution in [0, 0.1) is 5.82 Å². The number of aromatic nitrogens is 3. The van der Waals surface area contributed by atoms with Gasteiger partial charge in [0, 0.05) is 4.47 Å². The minimum Gasteiger partial charge on any atom is -0.476 e. The van der Waals surface area contributed by atoms with E-state index in [1.807, 2.05) is 0 Å². The maximum Gasteiger partial charge on any atom is 0.359 e. The highest BCUT2D eigenvalue weighted by molar-refractivity contribution is 9.10. The predicted octanol–water partition coefficient (Wildman–Crippen LogP) is 1.21. The van der Waals surface area contributed by atoms with Crippen LogP contribution in [0.4, 0.5) is 10.1 Å². The number of nitrogens with zero attached hydrogens (tertiary/aromatic N) is 3. The first kappa shape index (κ1) is 16.5. The summed E-state index contributed by atoms with van der Waals surface area (Å²) in [5.41, 5.74) is -1.65. The van der Waals surface area contributed by atoms with Gasteiger partial charge in [0.1, 0.15) is 12.4 Å². The van der Waals surface area contributed by atoms with Gasteiger partial charge in [0.25, 0.3) is 0 Å². The van der Waals surface area contributed by atoms with Crippen molar-refractivity contribution in [3.63, 3.8) is 0 Å². The number of halogens is 2. The molecule has 3 N–H and O–H groups in total. The Morgan fingerprint density at radius 1 is 1.26 bits per heavy atom. The van der Waals surface area contributed by atoms with E-state index in [0.29, 0.717) is 9.15 Å². The van der Waals surface area contributed by atoms with E-state index >= 15 is 0 Å². The number of rotatable bonds is 5. The molecule has 23 heavy (non-hydrogen) atoms. The quantitative estimate of drug-likeness (QED) is 0.702. The van der Waals surface area contributed by atoms with Crippen molar-refractivity contribution < 1.29 is 29.0 Å². The van der Waals surface area contributed by atoms with Crippen LogP contribution in [0.1, 0.15) is 21.0 Å². The van der Waals surface area contributed by atoms with E-state index in [9.17, 15) is 18.8 Å². The summed E-state index contributed by atoms with van der Waals surface area (Å²) in [4.78, 5) is 33.8. The van der Waals surface area contributed by atoms with Gasteiger partial charge < -0.3 is 15.5 Å². The van der Waals surface area contributed by atoms with Gasteiger partial charge in [-0.15, -0.1) is 5.10 Å². The first-order valence-corrected chi connectivity index (χ1v) is 6.74. The van der Waals surface area contributed by atoms with E-state index < -0.39 is 41.6 Å². The van der Waals surface area contributed by atoms with Crippen LogP contribution in [0.25, 0.3) is 0 Å². The highest BCUT2D eigenvalue weighted by Gasteiger charge is 2.25. The normalized spacial score (nSPS) is 10.3. The van der Waals surface area contributed by atoms with E-state index in [1.54, 1.807) is 0 Å². The second kappa shape index (κ2) is 6.52. The third kappa shape index (κ3) is 3.69. The highest BCUT2D eigenvalue weighted by atomic mass is 79.9. The molecule has 1 heterocycles. The Bertz CT molecular complexity index is 807. The maximum absolute atomic E-state index is 13.6. The number of carbonyl (C=O) groups is 3. The Morgan fingerprint density at radius 3 is 2.52 bits per heavy atom. The van der Waals surface area contributed by atoms with Crippen molar-refractivity contribution in [3.05, 3.63) is 39.9 Å². The number of aromatic carboxylic acids is 2. The van der Waals surface area contributed by atoms with Crippen molar-refractivity contribution in [2.45, 2.75) is 6.54 Å². The molecule has 9 nitrogen and oxygen atoms in total. The van der Waals surface area contributed by atoms with Gasteiger partial charge in [0.2, 0.25) is 11.6 Å². The van der Waals surface area contributed by atoms with Gasteiger partial charge in [-0.25, -0.2) is 18.7 Å². The molecule has 0 saturated heterocycles. The van der Waals surface area contributed by atoms with Gasteiger partial charge in [-0.3, -0.25) is 4.79 Å². The lowest BCUT2D eigenvalue weighted by molar-refractivity contribution is -0.117. The lowest BCUT2D eigenvalue weighted by Crippen LogP contribution is -2.23. The molecule has 1 aromatic heterocycles. The number of carboxylic acids is 2. The number of carboxylic acid groups (broad SMARTS) is 2. The predicted molar refractivity (Wildman–Crippen MR) is 76.7 cm³/mol. The van der Waals surface area contributed by atoms with Crippen molar-refractivity contribution in [2.75, 3.05) is 5.32 Å². The number of hydrogen-bond donors (Lipinski definition) is 3. The van der Waals surface area contributed by atoms with Crippen LogP contribution in [0.3, 0.4) is 0 Å². The zero-order chi connectivity index (χ0) is 17.1. The van der Waals surface area contributed by atoms with Crippen LogP contribution in [-0.2, 0) is 11.3 Å². The second-order valence-corrected chi connectivity index (χ2v) is 5.14. The molecule has 1 amide bonds. The van der Waals surface area contributed by atoms with E-state index in [2.05, 4.69) is 31.6 Å². The zero-order valence-corrected chi connectivity index (χ0v) is 12.7. The molecule has 0 atom stereocenters. The lowest BCUT2D eigenvalue weighted by Gasteiger charge is -2.07. The van der Waals surface area contributed by atoms with Gasteiger partial charge >= 0.3 is 11.9 Å². The fourth-order valence-electron chi connectivity index (χ4n) is 1.70. The molecule has 2 aromatic rings. The van der Waals surface area contributed by atoms with Crippen LogP contribution in [0.2, 0.25) is 0 Å². The lowest BCUT2D eigenvalue weighted by atomic mass is 10.3. The summed E-state index contributed by atoms with van der Waals surface area (Å²) >= 11 is 3.06. The molecule has 1 aromatic carbocycles. The number of anilines is 1. The third-order valence-electron chi connectivity index (χ3n) is 2.64. The molecule has 120 valence electrons. The Labute approximate surface area is 135 Å². The van der Waals surface area contributed by atoms with Crippen LogP contribution in [-0.4, -0.2) is 43.1 Å². The Morgan fingerprint density at radius 2 is 1.96 bits per heavy atom. The van der Waals surface area contributed by atoms with E-state index in [4.69, 9.17) is 10.2 Å². The summed E-state index contributed by atoms with van der Waals surface area (Å²) in [6, 6.07) is 3.94. The Balaban J connectivity index is 2.20. The molecule has 0 aliphatic carbocycles. The molecule has 0 radical (unpaired) electrons. The van der Waals surface area contributed by atoms with Crippen molar-refractivity contribution in [3.8, 4) is 0 Å². The van der Waals surface area contributed by atoms with Gasteiger partial charge in [0.05, 0.1) is 5.69 Å². The largest absolute Gasteiger partial charge is 0.476 e. The minimum atomic E-state index is -1.60. The van der Waals surface area contributed by atoms with Crippen LogP contribution in [0.5, 0.6) is 0 Å². The minimum absolute atomic E-state index is 0.117. The number of benzene rings is 1. The average Bonchev–Trinajstić information content (AvgIpc) is 2.86. The van der Waals surface area contributed by atoms with Gasteiger partial charge in [-0.2, -0.15) is 0 Å². The SMILES string of the molecule is O=C(Cn1nnc(C(=O)O)c1C(=O)O)Nc1ccc(Br)cc1F. The number of amides is 1. The molecule has 11 heteroatoms. The molecule has 2 rings (SSSR count). The van der Waals surface area contributed by atoms with Crippen LogP contribution < -0.4 is 5.32 Å². The summed E-state index contributed by atoms with van der Waals surface area (Å²) in [5, 5.41) is 26.6. The van der Waals surface area contributed by atoms with Crippen molar-refractivity contribution in [2.24, 2.45) is 0 Å². The molecule has 0 aliphatic rings. The Kier molecular flexibility index (Phi) is 4.69. The van der Waals surface area contributed by atoms with E-state index in [0.717, 1.165) is 6.07 Å². The molecule has 0 aliphatic heterocycles. The fourth-order valence-corrected chi connectivity index (χ4v) is 2.03. The van der Waals surface area contributed by atoms with Gasteiger partial charge in [-0.05, 0) is 18.2 Å². The smallest absolute Gasteiger partial charge is 0.359 e. The summed E-state index contributed by atoms with van der Waals surface area (Å²) in [7, 11) is 0. The van der Waals surface area contributed by atoms with E-state index in [-0.39, 0.29) is 5.69 Å². The topological polar surface area (TPSA) is 134 Å². The summed E-state index contributed by atoms with van der Waals surface area (Å²) in [6.45, 7) is -0.641. The number of carbonyl (C=O) groups excluding carboxylic acids is 1. The molecule has 0 bridgehead atoms. The summed E-state index contributed by atoms with van der Waals surface area (Å²) in [6.07, 6.45) is 0. The van der Waals surface area contributed by atoms with Crippen molar-refractivity contribution in [1.29, 1.82) is 0 Å². The molecular weight excluding hydrogens is 379 g/mol. The monoisotopic (exact) mass is 386 g/mol. The standard InChI is InChI=1S/C12H8BrFN4O5/c13-5-1-2-7(6(14)3-5)15-8(19)4-18-10(12(22)23)9(11(20)21)16-17-18/h1-3H,4H2,(H,15,19)(H,20,21)(H,22,23). The van der Waals surface area contributed by atoms with Crippen molar-refractivity contribution in [1.82, 2.24) is 15.0 Å². The molecule has 0 unspecified atom stereocenters. The van der Waals surface area contributed by atoms with E-state index in [1.165, 1.54) is 12.1 Å². The van der Waals surface area contributed by atoms with Crippen LogP contribution >= 0.6 is 15.9 Å². The van der Waals surface area contributed by atoms with Crippen LogP contribution in [0.15, 0.2) is 22.7 Å². The third-order valence-corrected chi connectivity index (χ3v) is 3.13. The van der Waals surface area contributed by atoms with Gasteiger partial charge in [-0.1, -0.05) is 21.1 Å². The maximum atomic E-state index is 13.6. The highest BCUT2D eigenvalue weighted by Crippen LogP contribution is 2.19. The van der Waals surface area contributed by atoms with Crippen molar-refractivity contribution >= 4 is 39.5 Å². The first-order chi connectivity index (χ1) is 10.8. The second-order valence-electron chi connectivity index (χ2n) is 4.23.